The van der Waals surface area contributed by atoms with Gasteiger partial charge in [-0.2, -0.15) is 4.98 Å². The van der Waals surface area contributed by atoms with E-state index >= 15 is 0 Å². The van der Waals surface area contributed by atoms with Gasteiger partial charge in [0.25, 0.3) is 0 Å². The van der Waals surface area contributed by atoms with E-state index in [2.05, 4.69) is 4.98 Å². The minimum atomic E-state index is -0.254. The second-order valence-electron chi connectivity index (χ2n) is 6.76. The molecule has 1 aliphatic carbocycles. The summed E-state index contributed by atoms with van der Waals surface area (Å²) in [6, 6.07) is 8.45. The first-order valence-electron chi connectivity index (χ1n) is 8.85. The fourth-order valence-corrected chi connectivity index (χ4v) is 3.70. The van der Waals surface area contributed by atoms with E-state index in [1.54, 1.807) is 12.1 Å². The van der Waals surface area contributed by atoms with E-state index in [0.29, 0.717) is 5.95 Å². The third kappa shape index (κ3) is 2.33. The van der Waals surface area contributed by atoms with Gasteiger partial charge in [0.15, 0.2) is 0 Å². The Kier molecular flexibility index (Phi) is 3.38. The Morgan fingerprint density at radius 1 is 1.00 bits per heavy atom. The fraction of sp³-hybridized carbons (Fsp3) is 0.250. The van der Waals surface area contributed by atoms with Crippen LogP contribution in [0, 0.1) is 5.82 Å². The molecule has 0 saturated carbocycles. The molecular weight excluding hydrogens is 329 g/mol. The molecule has 0 aliphatic heterocycles. The normalized spacial score (nSPS) is 13.9. The molecule has 4 aromatic rings. The molecule has 0 atom stereocenters. The molecule has 3 heterocycles. The van der Waals surface area contributed by atoms with Gasteiger partial charge >= 0.3 is 0 Å². The zero-order valence-electron chi connectivity index (χ0n) is 14.5. The Balaban J connectivity index is 1.75. The fourth-order valence-electron chi connectivity index (χ4n) is 3.70. The molecule has 26 heavy (non-hydrogen) atoms. The van der Waals surface area contributed by atoms with Crippen molar-refractivity contribution in [2.24, 2.45) is 7.05 Å². The molecule has 0 spiro atoms. The van der Waals surface area contributed by atoms with Crippen molar-refractivity contribution in [1.82, 2.24) is 24.1 Å². The summed E-state index contributed by atoms with van der Waals surface area (Å²) in [5.41, 5.74) is 4.89. The van der Waals surface area contributed by atoms with Crippen LogP contribution in [0.15, 0.2) is 42.9 Å². The highest BCUT2D eigenvalue weighted by atomic mass is 19.1. The molecule has 0 unspecified atom stereocenters. The highest BCUT2D eigenvalue weighted by Gasteiger charge is 2.19. The van der Waals surface area contributed by atoms with Crippen LogP contribution in [0.2, 0.25) is 0 Å². The maximum absolute atomic E-state index is 13.4. The summed E-state index contributed by atoms with van der Waals surface area (Å²) in [5, 5.41) is 0.955. The zero-order chi connectivity index (χ0) is 17.7. The van der Waals surface area contributed by atoms with Gasteiger partial charge in [-0.05, 0) is 56.0 Å². The molecule has 0 N–H and O–H groups in total. The van der Waals surface area contributed by atoms with Crippen LogP contribution in [-0.2, 0) is 19.9 Å². The number of imidazole rings is 1. The van der Waals surface area contributed by atoms with Gasteiger partial charge in [-0.1, -0.05) is 0 Å². The van der Waals surface area contributed by atoms with Crippen molar-refractivity contribution in [2.45, 2.75) is 25.7 Å². The lowest BCUT2D eigenvalue weighted by atomic mass is 10.0. The molecule has 0 saturated heterocycles. The SMILES string of the molecule is Cn1ccc2c(-c3ccc(F)cc3)nc(-n3cnc4c3CCCC4)nc21. The van der Waals surface area contributed by atoms with E-state index < -0.39 is 0 Å². The van der Waals surface area contributed by atoms with Crippen molar-refractivity contribution in [3.05, 3.63) is 60.1 Å². The van der Waals surface area contributed by atoms with E-state index in [9.17, 15) is 4.39 Å². The van der Waals surface area contributed by atoms with Crippen LogP contribution in [-0.4, -0.2) is 24.1 Å². The summed E-state index contributed by atoms with van der Waals surface area (Å²) in [4.78, 5) is 14.2. The smallest absolute Gasteiger partial charge is 0.237 e. The first-order valence-corrected chi connectivity index (χ1v) is 8.85. The third-order valence-electron chi connectivity index (χ3n) is 5.08. The minimum absolute atomic E-state index is 0.254. The summed E-state index contributed by atoms with van der Waals surface area (Å²) in [5.74, 6) is 0.366. The van der Waals surface area contributed by atoms with Gasteiger partial charge in [-0.3, -0.25) is 4.57 Å². The summed E-state index contributed by atoms with van der Waals surface area (Å²) in [6.45, 7) is 0. The van der Waals surface area contributed by atoms with Crippen molar-refractivity contribution in [1.29, 1.82) is 0 Å². The molecule has 0 bridgehead atoms. The molecular formula is C20H18FN5. The lowest BCUT2D eigenvalue weighted by Crippen LogP contribution is -2.10. The van der Waals surface area contributed by atoms with Crippen LogP contribution in [0.1, 0.15) is 24.2 Å². The highest BCUT2D eigenvalue weighted by molar-refractivity contribution is 5.91. The Labute approximate surface area is 150 Å². The number of fused-ring (bicyclic) bond motifs is 2. The van der Waals surface area contributed by atoms with Crippen molar-refractivity contribution in [3.63, 3.8) is 0 Å². The van der Waals surface area contributed by atoms with Crippen LogP contribution in [0.25, 0.3) is 28.2 Å². The summed E-state index contributed by atoms with van der Waals surface area (Å²) < 4.78 is 17.4. The van der Waals surface area contributed by atoms with Gasteiger partial charge in [0.2, 0.25) is 5.95 Å². The number of halogens is 1. The van der Waals surface area contributed by atoms with Crippen molar-refractivity contribution < 1.29 is 4.39 Å². The van der Waals surface area contributed by atoms with E-state index in [1.165, 1.54) is 24.2 Å². The van der Waals surface area contributed by atoms with Gasteiger partial charge in [-0.25, -0.2) is 14.4 Å². The maximum atomic E-state index is 13.4. The van der Waals surface area contributed by atoms with Crippen LogP contribution in [0.3, 0.4) is 0 Å². The number of hydrogen-bond donors (Lipinski definition) is 0. The zero-order valence-corrected chi connectivity index (χ0v) is 14.5. The number of nitrogens with zero attached hydrogens (tertiary/aromatic N) is 5. The minimum Gasteiger partial charge on any atom is -0.335 e. The molecule has 6 heteroatoms. The van der Waals surface area contributed by atoms with Crippen molar-refractivity contribution in [3.8, 4) is 17.2 Å². The maximum Gasteiger partial charge on any atom is 0.237 e. The number of hydrogen-bond acceptors (Lipinski definition) is 3. The summed E-state index contributed by atoms with van der Waals surface area (Å²) >= 11 is 0. The van der Waals surface area contributed by atoms with E-state index in [1.807, 2.05) is 34.8 Å². The summed E-state index contributed by atoms with van der Waals surface area (Å²) in [6.07, 6.45) is 8.15. The molecule has 0 amide bonds. The van der Waals surface area contributed by atoms with Gasteiger partial charge in [0, 0.05) is 29.9 Å². The van der Waals surface area contributed by atoms with Crippen LogP contribution < -0.4 is 0 Å². The second kappa shape index (κ2) is 5.76. The molecule has 0 radical (unpaired) electrons. The first-order chi connectivity index (χ1) is 12.7. The monoisotopic (exact) mass is 347 g/mol. The molecule has 0 fully saturated rings. The van der Waals surface area contributed by atoms with Crippen LogP contribution in [0.5, 0.6) is 0 Å². The largest absolute Gasteiger partial charge is 0.335 e. The lowest BCUT2D eigenvalue weighted by Gasteiger charge is -2.14. The van der Waals surface area contributed by atoms with Gasteiger partial charge in [0.05, 0.1) is 11.4 Å². The molecule has 1 aliphatic rings. The molecule has 3 aromatic heterocycles. The van der Waals surface area contributed by atoms with Gasteiger partial charge in [-0.15, -0.1) is 0 Å². The topological polar surface area (TPSA) is 48.5 Å². The average Bonchev–Trinajstić information content (AvgIpc) is 3.26. The van der Waals surface area contributed by atoms with Crippen LogP contribution in [0.4, 0.5) is 4.39 Å². The van der Waals surface area contributed by atoms with E-state index in [-0.39, 0.29) is 5.82 Å². The van der Waals surface area contributed by atoms with Gasteiger partial charge in [0.1, 0.15) is 17.8 Å². The molecule has 1 aromatic carbocycles. The highest BCUT2D eigenvalue weighted by Crippen LogP contribution is 2.29. The van der Waals surface area contributed by atoms with Gasteiger partial charge < -0.3 is 4.57 Å². The Hall–Kier alpha value is -3.02. The lowest BCUT2D eigenvalue weighted by molar-refractivity contribution is 0.628. The number of benzene rings is 1. The third-order valence-corrected chi connectivity index (χ3v) is 5.08. The number of aromatic nitrogens is 5. The predicted octanol–water partition coefficient (Wildman–Crippen LogP) is 3.84. The number of rotatable bonds is 2. The molecule has 5 rings (SSSR count). The second-order valence-corrected chi connectivity index (χ2v) is 6.76. The Bertz CT molecular complexity index is 1110. The van der Waals surface area contributed by atoms with E-state index in [4.69, 9.17) is 9.97 Å². The Morgan fingerprint density at radius 3 is 2.65 bits per heavy atom. The molecule has 5 nitrogen and oxygen atoms in total. The van der Waals surface area contributed by atoms with Crippen molar-refractivity contribution in [2.75, 3.05) is 0 Å². The quantitative estimate of drug-likeness (QED) is 0.553. The van der Waals surface area contributed by atoms with Crippen LogP contribution >= 0.6 is 0 Å². The number of aryl methyl sites for hydroxylation is 2. The summed E-state index contributed by atoms with van der Waals surface area (Å²) in [7, 11) is 1.97. The van der Waals surface area contributed by atoms with E-state index in [0.717, 1.165) is 47.2 Å². The first kappa shape index (κ1) is 15.3. The predicted molar refractivity (Wildman–Crippen MR) is 97.7 cm³/mol. The van der Waals surface area contributed by atoms with Crippen molar-refractivity contribution >= 4 is 11.0 Å². The average molecular weight is 347 g/mol. The standard InChI is InChI=1S/C20H18FN5/c1-25-11-10-15-18(13-6-8-14(21)9-7-13)23-20(24-19(15)25)26-12-22-16-4-2-3-5-17(16)26/h6-12H,2-5H2,1H3. The Morgan fingerprint density at radius 2 is 1.81 bits per heavy atom. The molecule has 130 valence electrons.